The van der Waals surface area contributed by atoms with E-state index in [0.717, 1.165) is 0 Å². The molecule has 3 nitrogen and oxygen atoms in total. The molecule has 0 aliphatic carbocycles. The highest BCUT2D eigenvalue weighted by Crippen LogP contribution is 2.10. The first kappa shape index (κ1) is 11.1. The van der Waals surface area contributed by atoms with E-state index >= 15 is 0 Å². The van der Waals surface area contributed by atoms with Gasteiger partial charge in [-0.05, 0) is 36.4 Å². The summed E-state index contributed by atoms with van der Waals surface area (Å²) >= 11 is 0. The first-order valence-corrected chi connectivity index (χ1v) is 5.03. The van der Waals surface area contributed by atoms with Crippen LogP contribution in [0.15, 0.2) is 54.6 Å². The fourth-order valence-electron chi connectivity index (χ4n) is 1.26. The Morgan fingerprint density at radius 3 is 2.29 bits per heavy atom. The number of halogens is 1. The van der Waals surface area contributed by atoms with Gasteiger partial charge in [-0.2, -0.15) is 5.48 Å². The fourth-order valence-corrected chi connectivity index (χ4v) is 1.26. The molecule has 0 fully saturated rings. The molecule has 1 N–H and O–H groups in total. The van der Waals surface area contributed by atoms with Gasteiger partial charge in [-0.15, -0.1) is 0 Å². The van der Waals surface area contributed by atoms with Gasteiger partial charge in [0, 0.05) is 5.56 Å². The van der Waals surface area contributed by atoms with Crippen molar-refractivity contribution < 1.29 is 14.0 Å². The van der Waals surface area contributed by atoms with Gasteiger partial charge >= 0.3 is 0 Å². The third-order valence-corrected chi connectivity index (χ3v) is 2.11. The van der Waals surface area contributed by atoms with E-state index in [2.05, 4.69) is 5.48 Å². The lowest BCUT2D eigenvalue weighted by molar-refractivity contribution is 0.0760. The van der Waals surface area contributed by atoms with Gasteiger partial charge < -0.3 is 4.84 Å². The summed E-state index contributed by atoms with van der Waals surface area (Å²) in [6.07, 6.45) is 0. The van der Waals surface area contributed by atoms with Gasteiger partial charge in [-0.3, -0.25) is 4.79 Å². The van der Waals surface area contributed by atoms with Gasteiger partial charge in [0.15, 0.2) is 5.75 Å². The molecule has 0 spiro atoms. The number of carbonyl (C=O) groups excluding carboxylic acids is 1. The largest absolute Gasteiger partial charge is 0.379 e. The Kier molecular flexibility index (Phi) is 3.35. The van der Waals surface area contributed by atoms with Crippen LogP contribution in [0.4, 0.5) is 4.39 Å². The topological polar surface area (TPSA) is 38.3 Å². The van der Waals surface area contributed by atoms with Gasteiger partial charge in [0.2, 0.25) is 0 Å². The van der Waals surface area contributed by atoms with E-state index in [1.807, 2.05) is 6.07 Å². The van der Waals surface area contributed by atoms with Crippen LogP contribution in [0, 0.1) is 5.82 Å². The highest BCUT2D eigenvalue weighted by atomic mass is 19.1. The van der Waals surface area contributed by atoms with Crippen LogP contribution in [0.2, 0.25) is 0 Å². The van der Waals surface area contributed by atoms with E-state index in [-0.39, 0.29) is 11.7 Å². The van der Waals surface area contributed by atoms with E-state index in [4.69, 9.17) is 4.84 Å². The zero-order chi connectivity index (χ0) is 12.1. The number of hydroxylamine groups is 1. The van der Waals surface area contributed by atoms with Crippen LogP contribution in [0.3, 0.4) is 0 Å². The minimum Gasteiger partial charge on any atom is -0.379 e. The summed E-state index contributed by atoms with van der Waals surface area (Å²) in [7, 11) is 0. The van der Waals surface area contributed by atoms with Crippen molar-refractivity contribution in [3.05, 3.63) is 66.0 Å². The summed E-state index contributed by atoms with van der Waals surface area (Å²) in [6, 6.07) is 14.0. The van der Waals surface area contributed by atoms with Gasteiger partial charge in [-0.1, -0.05) is 18.2 Å². The molecule has 0 aliphatic heterocycles. The maximum atomic E-state index is 12.6. The number of hydrogen-bond donors (Lipinski definition) is 1. The van der Waals surface area contributed by atoms with E-state index in [9.17, 15) is 9.18 Å². The van der Waals surface area contributed by atoms with Crippen LogP contribution in [-0.2, 0) is 0 Å². The molecule has 0 heterocycles. The molecule has 0 atom stereocenters. The van der Waals surface area contributed by atoms with Crippen molar-refractivity contribution >= 4 is 5.91 Å². The number of amides is 1. The van der Waals surface area contributed by atoms with Gasteiger partial charge in [-0.25, -0.2) is 4.39 Å². The average Bonchev–Trinajstić information content (AvgIpc) is 2.39. The summed E-state index contributed by atoms with van der Waals surface area (Å²) in [6.45, 7) is 0. The zero-order valence-electron chi connectivity index (χ0n) is 8.89. The second-order valence-corrected chi connectivity index (χ2v) is 3.35. The molecule has 0 saturated carbocycles. The molecule has 4 heteroatoms. The molecular weight excluding hydrogens is 221 g/mol. The molecule has 2 aromatic rings. The normalized spacial score (nSPS) is 9.71. The van der Waals surface area contributed by atoms with Gasteiger partial charge in [0.05, 0.1) is 0 Å². The summed E-state index contributed by atoms with van der Waals surface area (Å²) in [5.74, 6) is -0.336. The molecule has 0 radical (unpaired) electrons. The predicted molar refractivity (Wildman–Crippen MR) is 60.9 cm³/mol. The van der Waals surface area contributed by atoms with E-state index in [1.165, 1.54) is 24.3 Å². The molecular formula is C13H10FNO2. The summed E-state index contributed by atoms with van der Waals surface area (Å²) in [4.78, 5) is 16.6. The van der Waals surface area contributed by atoms with Crippen molar-refractivity contribution in [1.29, 1.82) is 0 Å². The first-order chi connectivity index (χ1) is 8.25. The van der Waals surface area contributed by atoms with E-state index in [0.29, 0.717) is 11.3 Å². The molecule has 0 aliphatic rings. The van der Waals surface area contributed by atoms with Crippen molar-refractivity contribution in [2.45, 2.75) is 0 Å². The number of carbonyl (C=O) groups is 1. The molecule has 86 valence electrons. The third-order valence-electron chi connectivity index (χ3n) is 2.11. The van der Waals surface area contributed by atoms with Crippen LogP contribution in [0.25, 0.3) is 0 Å². The Morgan fingerprint density at radius 2 is 1.65 bits per heavy atom. The lowest BCUT2D eigenvalue weighted by Crippen LogP contribution is -2.26. The molecule has 0 saturated heterocycles. The van der Waals surface area contributed by atoms with Crippen LogP contribution in [0.1, 0.15) is 10.4 Å². The molecule has 2 aromatic carbocycles. The minimum atomic E-state index is -0.355. The lowest BCUT2D eigenvalue weighted by atomic mass is 10.2. The third kappa shape index (κ3) is 3.04. The smallest absolute Gasteiger partial charge is 0.283 e. The molecule has 2 rings (SSSR count). The Hall–Kier alpha value is -2.36. The molecule has 0 aromatic heterocycles. The van der Waals surface area contributed by atoms with Crippen LogP contribution in [-0.4, -0.2) is 5.91 Å². The number of benzene rings is 2. The second-order valence-electron chi connectivity index (χ2n) is 3.35. The standard InChI is InChI=1S/C13H10FNO2/c14-11-6-8-12(9-7-11)17-15-13(16)10-4-2-1-3-5-10/h1-9H,(H,15,16). The first-order valence-electron chi connectivity index (χ1n) is 5.03. The molecule has 0 bridgehead atoms. The summed E-state index contributed by atoms with van der Waals surface area (Å²) in [5.41, 5.74) is 2.77. The highest BCUT2D eigenvalue weighted by Gasteiger charge is 2.04. The highest BCUT2D eigenvalue weighted by molar-refractivity contribution is 5.93. The summed E-state index contributed by atoms with van der Waals surface area (Å²) < 4.78 is 12.6. The lowest BCUT2D eigenvalue weighted by Gasteiger charge is -2.06. The molecule has 17 heavy (non-hydrogen) atoms. The van der Waals surface area contributed by atoms with Crippen molar-refractivity contribution in [3.63, 3.8) is 0 Å². The van der Waals surface area contributed by atoms with Crippen LogP contribution < -0.4 is 10.3 Å². The minimum absolute atomic E-state index is 0.352. The van der Waals surface area contributed by atoms with Crippen molar-refractivity contribution in [2.75, 3.05) is 0 Å². The summed E-state index contributed by atoms with van der Waals surface area (Å²) in [5, 5.41) is 0. The molecule has 1 amide bonds. The van der Waals surface area contributed by atoms with Gasteiger partial charge in [0.25, 0.3) is 5.91 Å². The quantitative estimate of drug-likeness (QED) is 0.824. The predicted octanol–water partition coefficient (Wildman–Crippen LogP) is 2.55. The number of hydrogen-bond acceptors (Lipinski definition) is 2. The molecule has 0 unspecified atom stereocenters. The number of rotatable bonds is 3. The van der Waals surface area contributed by atoms with Crippen molar-refractivity contribution in [1.82, 2.24) is 5.48 Å². The Balaban J connectivity index is 1.95. The Morgan fingerprint density at radius 1 is 1.00 bits per heavy atom. The van der Waals surface area contributed by atoms with E-state index in [1.54, 1.807) is 24.3 Å². The maximum Gasteiger partial charge on any atom is 0.283 e. The fraction of sp³-hybridized carbons (Fsp3) is 0. The van der Waals surface area contributed by atoms with E-state index < -0.39 is 0 Å². The van der Waals surface area contributed by atoms with Crippen molar-refractivity contribution in [3.8, 4) is 5.75 Å². The van der Waals surface area contributed by atoms with Crippen LogP contribution >= 0.6 is 0 Å². The Labute approximate surface area is 97.8 Å². The zero-order valence-corrected chi connectivity index (χ0v) is 8.89. The second kappa shape index (κ2) is 5.12. The van der Waals surface area contributed by atoms with Crippen LogP contribution in [0.5, 0.6) is 5.75 Å². The average molecular weight is 231 g/mol. The SMILES string of the molecule is O=C(NOc1ccc(F)cc1)c1ccccc1. The van der Waals surface area contributed by atoms with Crippen molar-refractivity contribution in [2.24, 2.45) is 0 Å². The van der Waals surface area contributed by atoms with Gasteiger partial charge in [0.1, 0.15) is 5.82 Å². The monoisotopic (exact) mass is 231 g/mol. The maximum absolute atomic E-state index is 12.6. The number of nitrogens with one attached hydrogen (secondary N) is 1. The Bertz CT molecular complexity index is 497.